The Hall–Kier alpha value is -0.160. The van der Waals surface area contributed by atoms with Crippen LogP contribution in [-0.2, 0) is 0 Å². The average molecular weight is 144 g/mol. The molecular formula is C6H16N4. The van der Waals surface area contributed by atoms with Crippen LogP contribution in [0.4, 0.5) is 0 Å². The molecule has 0 aromatic carbocycles. The fourth-order valence-corrected chi connectivity index (χ4v) is 1.30. The van der Waals surface area contributed by atoms with E-state index in [1.165, 1.54) is 0 Å². The molecule has 0 aromatic heterocycles. The fourth-order valence-electron chi connectivity index (χ4n) is 1.30. The number of hydrazine groups is 1. The standard InChI is InChI=1S/C6H16N4/c7-5-6(8)3-1-2-4-10(6)9/h1-5,7-9H2. The highest BCUT2D eigenvalue weighted by Crippen LogP contribution is 2.18. The molecule has 0 spiro atoms. The molecule has 1 rings (SSSR count). The highest BCUT2D eigenvalue weighted by atomic mass is 15.5. The maximum Gasteiger partial charge on any atom is 0.0941 e. The van der Waals surface area contributed by atoms with E-state index in [1.54, 1.807) is 5.01 Å². The van der Waals surface area contributed by atoms with E-state index in [2.05, 4.69) is 0 Å². The first-order valence-electron chi connectivity index (χ1n) is 3.70. The van der Waals surface area contributed by atoms with Crippen LogP contribution in [0.15, 0.2) is 0 Å². The molecule has 0 amide bonds. The monoisotopic (exact) mass is 144 g/mol. The molecular weight excluding hydrogens is 128 g/mol. The lowest BCUT2D eigenvalue weighted by molar-refractivity contribution is 0.0581. The molecule has 0 aliphatic carbocycles. The lowest BCUT2D eigenvalue weighted by Gasteiger charge is -2.40. The first-order valence-corrected chi connectivity index (χ1v) is 3.70. The molecule has 0 radical (unpaired) electrons. The van der Waals surface area contributed by atoms with Crippen molar-refractivity contribution in [3.63, 3.8) is 0 Å². The Morgan fingerprint density at radius 3 is 2.50 bits per heavy atom. The summed E-state index contributed by atoms with van der Waals surface area (Å²) in [6.07, 6.45) is 3.19. The van der Waals surface area contributed by atoms with Crippen molar-refractivity contribution in [3.8, 4) is 0 Å². The van der Waals surface area contributed by atoms with Gasteiger partial charge in [0.2, 0.25) is 0 Å². The van der Waals surface area contributed by atoms with Crippen molar-refractivity contribution in [2.45, 2.75) is 24.9 Å². The van der Waals surface area contributed by atoms with Gasteiger partial charge in [-0.1, -0.05) is 0 Å². The van der Waals surface area contributed by atoms with Gasteiger partial charge in [0.25, 0.3) is 0 Å². The minimum atomic E-state index is -0.432. The number of nitrogens with two attached hydrogens (primary N) is 3. The van der Waals surface area contributed by atoms with Gasteiger partial charge in [0.05, 0.1) is 5.66 Å². The summed E-state index contributed by atoms with van der Waals surface area (Å²) in [4.78, 5) is 0. The van der Waals surface area contributed by atoms with Crippen molar-refractivity contribution in [3.05, 3.63) is 0 Å². The summed E-state index contributed by atoms with van der Waals surface area (Å²) in [5, 5.41) is 1.66. The van der Waals surface area contributed by atoms with E-state index in [4.69, 9.17) is 17.3 Å². The molecule has 1 saturated heterocycles. The summed E-state index contributed by atoms with van der Waals surface area (Å²) in [7, 11) is 0. The Bertz CT molecular complexity index is 116. The predicted molar refractivity (Wildman–Crippen MR) is 40.7 cm³/mol. The molecule has 1 aliphatic rings. The molecule has 1 aliphatic heterocycles. The second kappa shape index (κ2) is 2.84. The van der Waals surface area contributed by atoms with Gasteiger partial charge in [0.15, 0.2) is 0 Å². The van der Waals surface area contributed by atoms with Crippen LogP contribution in [0.2, 0.25) is 0 Å². The zero-order valence-electron chi connectivity index (χ0n) is 6.21. The second-order valence-electron chi connectivity index (χ2n) is 2.96. The Labute approximate surface area is 61.3 Å². The second-order valence-corrected chi connectivity index (χ2v) is 2.96. The van der Waals surface area contributed by atoms with Crippen LogP contribution in [0.5, 0.6) is 0 Å². The lowest BCUT2D eigenvalue weighted by Crippen LogP contribution is -2.65. The number of rotatable bonds is 1. The highest BCUT2D eigenvalue weighted by molar-refractivity contribution is 4.85. The van der Waals surface area contributed by atoms with Gasteiger partial charge >= 0.3 is 0 Å². The van der Waals surface area contributed by atoms with Crippen molar-refractivity contribution >= 4 is 0 Å². The fraction of sp³-hybridized carbons (Fsp3) is 1.00. The van der Waals surface area contributed by atoms with Crippen molar-refractivity contribution in [1.82, 2.24) is 5.01 Å². The summed E-state index contributed by atoms with van der Waals surface area (Å²) >= 11 is 0. The molecule has 1 unspecified atom stereocenters. The van der Waals surface area contributed by atoms with Crippen LogP contribution in [0.1, 0.15) is 19.3 Å². The number of hydrogen-bond donors (Lipinski definition) is 3. The smallest absolute Gasteiger partial charge is 0.0941 e. The molecule has 6 N–H and O–H groups in total. The van der Waals surface area contributed by atoms with E-state index in [0.717, 1.165) is 25.8 Å². The summed E-state index contributed by atoms with van der Waals surface area (Å²) in [5.74, 6) is 5.65. The molecule has 0 saturated carbocycles. The first-order chi connectivity index (χ1) is 4.69. The van der Waals surface area contributed by atoms with Gasteiger partial charge < -0.3 is 11.5 Å². The number of hydrogen-bond acceptors (Lipinski definition) is 4. The minimum Gasteiger partial charge on any atom is -0.327 e. The van der Waals surface area contributed by atoms with Gasteiger partial charge in [-0.2, -0.15) is 0 Å². The normalized spacial score (nSPS) is 36.3. The first kappa shape index (κ1) is 7.94. The number of nitrogens with zero attached hydrogens (tertiary/aromatic N) is 1. The van der Waals surface area contributed by atoms with Gasteiger partial charge in [-0.25, -0.2) is 5.01 Å². The maximum atomic E-state index is 5.88. The Balaban J connectivity index is 2.54. The topological polar surface area (TPSA) is 81.3 Å². The van der Waals surface area contributed by atoms with Crippen molar-refractivity contribution < 1.29 is 0 Å². The zero-order valence-corrected chi connectivity index (χ0v) is 6.21. The van der Waals surface area contributed by atoms with E-state index >= 15 is 0 Å². The van der Waals surface area contributed by atoms with E-state index < -0.39 is 5.66 Å². The van der Waals surface area contributed by atoms with Crippen molar-refractivity contribution in [1.29, 1.82) is 0 Å². The Morgan fingerprint density at radius 2 is 2.10 bits per heavy atom. The SMILES string of the molecule is NCC1(N)CCCCN1N. The van der Waals surface area contributed by atoms with Gasteiger partial charge in [-0.3, -0.25) is 5.84 Å². The molecule has 4 heteroatoms. The Morgan fingerprint density at radius 1 is 1.40 bits per heavy atom. The third-order valence-corrected chi connectivity index (χ3v) is 2.18. The largest absolute Gasteiger partial charge is 0.327 e. The van der Waals surface area contributed by atoms with Gasteiger partial charge in [-0.15, -0.1) is 0 Å². The molecule has 0 bridgehead atoms. The predicted octanol–water partition coefficient (Wildman–Crippen LogP) is -1.04. The van der Waals surface area contributed by atoms with Crippen LogP contribution >= 0.6 is 0 Å². The summed E-state index contributed by atoms with van der Waals surface area (Å²) in [5.41, 5.74) is 10.9. The molecule has 0 aromatic rings. The van der Waals surface area contributed by atoms with Crippen molar-refractivity contribution in [2.24, 2.45) is 17.3 Å². The molecule has 10 heavy (non-hydrogen) atoms. The average Bonchev–Trinajstić information content (AvgIpc) is 1.96. The highest BCUT2D eigenvalue weighted by Gasteiger charge is 2.31. The van der Waals surface area contributed by atoms with E-state index in [0.29, 0.717) is 6.54 Å². The van der Waals surface area contributed by atoms with E-state index in [9.17, 15) is 0 Å². The summed E-state index contributed by atoms with van der Waals surface area (Å²) in [6.45, 7) is 1.32. The van der Waals surface area contributed by atoms with E-state index in [-0.39, 0.29) is 0 Å². The lowest BCUT2D eigenvalue weighted by atomic mass is 9.98. The summed E-state index contributed by atoms with van der Waals surface area (Å²) in [6, 6.07) is 0. The molecule has 60 valence electrons. The van der Waals surface area contributed by atoms with Gasteiger partial charge in [0.1, 0.15) is 0 Å². The third-order valence-electron chi connectivity index (χ3n) is 2.18. The zero-order chi connectivity index (χ0) is 7.61. The van der Waals surface area contributed by atoms with Crippen LogP contribution < -0.4 is 17.3 Å². The van der Waals surface area contributed by atoms with Crippen LogP contribution in [0.25, 0.3) is 0 Å². The van der Waals surface area contributed by atoms with Crippen molar-refractivity contribution in [2.75, 3.05) is 13.1 Å². The number of piperidine rings is 1. The minimum absolute atomic E-state index is 0.432. The van der Waals surface area contributed by atoms with Gasteiger partial charge in [0, 0.05) is 13.1 Å². The van der Waals surface area contributed by atoms with Crippen LogP contribution in [-0.4, -0.2) is 23.8 Å². The molecule has 4 nitrogen and oxygen atoms in total. The maximum absolute atomic E-state index is 5.88. The quantitative estimate of drug-likeness (QED) is 0.411. The Kier molecular flexibility index (Phi) is 2.25. The third kappa shape index (κ3) is 1.29. The van der Waals surface area contributed by atoms with Gasteiger partial charge in [-0.05, 0) is 19.3 Å². The van der Waals surface area contributed by atoms with Crippen LogP contribution in [0.3, 0.4) is 0 Å². The molecule has 1 heterocycles. The summed E-state index contributed by atoms with van der Waals surface area (Å²) < 4.78 is 0. The van der Waals surface area contributed by atoms with Crippen LogP contribution in [0, 0.1) is 0 Å². The molecule has 1 atom stereocenters. The van der Waals surface area contributed by atoms with E-state index in [1.807, 2.05) is 0 Å². The molecule has 1 fully saturated rings.